The molecule has 2 aromatic rings. The molecule has 1 aromatic carbocycles. The molecule has 0 amide bonds. The molecule has 0 radical (unpaired) electrons. The van der Waals surface area contributed by atoms with Gasteiger partial charge in [0.05, 0.1) is 12.6 Å². The van der Waals surface area contributed by atoms with E-state index in [-0.39, 0.29) is 5.70 Å². The molecule has 0 fully saturated rings. The van der Waals surface area contributed by atoms with Crippen LogP contribution in [0.2, 0.25) is 5.02 Å². The van der Waals surface area contributed by atoms with Gasteiger partial charge >= 0.3 is 5.97 Å². The Morgan fingerprint density at radius 1 is 1.47 bits per heavy atom. The molecule has 1 heterocycles. The van der Waals surface area contributed by atoms with Crippen molar-refractivity contribution in [1.29, 1.82) is 0 Å². The van der Waals surface area contributed by atoms with Gasteiger partial charge in [0.1, 0.15) is 6.26 Å². The molecule has 0 atom stereocenters. The number of esters is 1. The minimum absolute atomic E-state index is 0.0322. The van der Waals surface area contributed by atoms with Crippen molar-refractivity contribution in [1.82, 2.24) is 4.57 Å². The summed E-state index contributed by atoms with van der Waals surface area (Å²) in [4.78, 5) is 11.5. The number of hydrogen-bond acceptors (Lipinski definition) is 3. The van der Waals surface area contributed by atoms with Gasteiger partial charge in [-0.2, -0.15) is 0 Å². The molecule has 1 aromatic heterocycles. The van der Waals surface area contributed by atoms with Crippen LogP contribution in [0.4, 0.5) is 0 Å². The number of halogens is 1. The molecule has 2 rings (SSSR count). The van der Waals surface area contributed by atoms with E-state index in [0.29, 0.717) is 11.3 Å². The Hall–Kier alpha value is -1.94. The van der Waals surface area contributed by atoms with E-state index in [1.807, 2.05) is 12.1 Å². The number of nitrogens with zero attached hydrogens (tertiary/aromatic N) is 1. The van der Waals surface area contributed by atoms with Gasteiger partial charge in [0.25, 0.3) is 0 Å². The summed E-state index contributed by atoms with van der Waals surface area (Å²) in [6, 6.07) is 7.12. The molecule has 0 unspecified atom stereocenters. The number of fused-ring (bicyclic) bond motifs is 1. The highest BCUT2D eigenvalue weighted by Crippen LogP contribution is 2.23. The number of benzene rings is 1. The zero-order valence-electron chi connectivity index (χ0n) is 9.05. The van der Waals surface area contributed by atoms with Gasteiger partial charge in [-0.25, -0.2) is 4.79 Å². The molecule has 0 saturated carbocycles. The minimum Gasteiger partial charge on any atom is -0.513 e. The predicted molar refractivity (Wildman–Crippen MR) is 65.9 cm³/mol. The van der Waals surface area contributed by atoms with Crippen molar-refractivity contribution >= 4 is 34.2 Å². The lowest BCUT2D eigenvalue weighted by Gasteiger charge is -2.07. The quantitative estimate of drug-likeness (QED) is 0.507. The average molecular weight is 252 g/mol. The van der Waals surface area contributed by atoms with Crippen LogP contribution in [-0.4, -0.2) is 22.8 Å². The molecular formula is C12H10ClNO3. The fraction of sp³-hybridized carbons (Fsp3) is 0.0833. The second-order valence-corrected chi connectivity index (χ2v) is 3.83. The van der Waals surface area contributed by atoms with E-state index < -0.39 is 5.97 Å². The van der Waals surface area contributed by atoms with Gasteiger partial charge in [-0.1, -0.05) is 17.7 Å². The first-order valence-electron chi connectivity index (χ1n) is 4.87. The van der Waals surface area contributed by atoms with Crippen molar-refractivity contribution in [3.05, 3.63) is 41.7 Å². The monoisotopic (exact) mass is 251 g/mol. The highest BCUT2D eigenvalue weighted by Gasteiger charge is 2.14. The standard InChI is InChI=1S/C12H10ClNO3/c1-17-12(16)11(7-15)14-5-4-8-2-3-9(13)6-10(8)14/h2-7,15H,1H3. The van der Waals surface area contributed by atoms with Crippen LogP contribution in [0.25, 0.3) is 16.6 Å². The summed E-state index contributed by atoms with van der Waals surface area (Å²) in [7, 11) is 1.25. The average Bonchev–Trinajstić information content (AvgIpc) is 2.73. The van der Waals surface area contributed by atoms with E-state index in [1.54, 1.807) is 18.3 Å². The van der Waals surface area contributed by atoms with Crippen LogP contribution in [-0.2, 0) is 9.53 Å². The zero-order valence-corrected chi connectivity index (χ0v) is 9.81. The van der Waals surface area contributed by atoms with Gasteiger partial charge in [-0.3, -0.25) is 0 Å². The van der Waals surface area contributed by atoms with Gasteiger partial charge in [0.15, 0.2) is 5.70 Å². The first kappa shape index (κ1) is 11.5. The van der Waals surface area contributed by atoms with Gasteiger partial charge in [-0.15, -0.1) is 0 Å². The van der Waals surface area contributed by atoms with Crippen molar-refractivity contribution in [2.45, 2.75) is 0 Å². The van der Waals surface area contributed by atoms with Crippen LogP contribution < -0.4 is 0 Å². The Labute approximate surface area is 103 Å². The Morgan fingerprint density at radius 3 is 2.88 bits per heavy atom. The normalized spacial score (nSPS) is 11.8. The molecule has 88 valence electrons. The largest absolute Gasteiger partial charge is 0.513 e. The van der Waals surface area contributed by atoms with E-state index in [1.165, 1.54) is 11.7 Å². The molecule has 0 spiro atoms. The molecule has 4 nitrogen and oxygen atoms in total. The number of ether oxygens (including phenoxy) is 1. The maximum atomic E-state index is 11.5. The number of aliphatic hydroxyl groups excluding tert-OH is 1. The third-order valence-electron chi connectivity index (χ3n) is 2.43. The maximum absolute atomic E-state index is 11.5. The van der Waals surface area contributed by atoms with Crippen molar-refractivity contribution < 1.29 is 14.6 Å². The van der Waals surface area contributed by atoms with Crippen molar-refractivity contribution in [3.8, 4) is 0 Å². The van der Waals surface area contributed by atoms with Crippen LogP contribution in [0.3, 0.4) is 0 Å². The molecule has 0 aliphatic carbocycles. The summed E-state index contributed by atoms with van der Waals surface area (Å²) in [6.45, 7) is 0. The summed E-state index contributed by atoms with van der Waals surface area (Å²) in [5.74, 6) is -0.620. The second-order valence-electron chi connectivity index (χ2n) is 3.39. The van der Waals surface area contributed by atoms with Gasteiger partial charge in [-0.05, 0) is 18.2 Å². The Balaban J connectivity index is 2.62. The van der Waals surface area contributed by atoms with Gasteiger partial charge < -0.3 is 14.4 Å². The van der Waals surface area contributed by atoms with Crippen molar-refractivity contribution in [3.63, 3.8) is 0 Å². The fourth-order valence-electron chi connectivity index (χ4n) is 1.63. The van der Waals surface area contributed by atoms with Crippen LogP contribution >= 0.6 is 11.6 Å². The highest BCUT2D eigenvalue weighted by atomic mass is 35.5. The van der Waals surface area contributed by atoms with Gasteiger partial charge in [0, 0.05) is 16.6 Å². The zero-order chi connectivity index (χ0) is 12.4. The first-order valence-corrected chi connectivity index (χ1v) is 5.25. The number of carbonyl (C=O) groups is 1. The SMILES string of the molecule is COC(=O)C(=CO)n1ccc2ccc(Cl)cc21. The Morgan fingerprint density at radius 2 is 2.24 bits per heavy atom. The molecule has 5 heteroatoms. The number of aliphatic hydroxyl groups is 1. The molecule has 0 bridgehead atoms. The van der Waals surface area contributed by atoms with Gasteiger partial charge in [0.2, 0.25) is 0 Å². The number of methoxy groups -OCH3 is 1. The fourth-order valence-corrected chi connectivity index (χ4v) is 1.80. The summed E-state index contributed by atoms with van der Waals surface area (Å²) in [5, 5.41) is 10.6. The van der Waals surface area contributed by atoms with Crippen LogP contribution in [0.5, 0.6) is 0 Å². The number of aromatic nitrogens is 1. The Bertz CT molecular complexity index is 601. The lowest BCUT2D eigenvalue weighted by molar-refractivity contribution is -0.134. The molecule has 0 aliphatic rings. The van der Waals surface area contributed by atoms with Crippen molar-refractivity contribution in [2.75, 3.05) is 7.11 Å². The predicted octanol–water partition coefficient (Wildman–Crippen LogP) is 2.82. The highest BCUT2D eigenvalue weighted by molar-refractivity contribution is 6.31. The molecule has 17 heavy (non-hydrogen) atoms. The van der Waals surface area contributed by atoms with E-state index in [9.17, 15) is 4.79 Å². The Kier molecular flexibility index (Phi) is 3.06. The third kappa shape index (κ3) is 1.99. The maximum Gasteiger partial charge on any atom is 0.358 e. The number of rotatable bonds is 2. The summed E-state index contributed by atoms with van der Waals surface area (Å²) in [6.07, 6.45) is 2.38. The number of hydrogen-bond donors (Lipinski definition) is 1. The van der Waals surface area contributed by atoms with E-state index >= 15 is 0 Å². The summed E-state index contributed by atoms with van der Waals surface area (Å²) in [5.41, 5.74) is 0.757. The minimum atomic E-state index is -0.620. The lowest BCUT2D eigenvalue weighted by atomic mass is 10.2. The topological polar surface area (TPSA) is 51.5 Å². The molecule has 0 aliphatic heterocycles. The molecular weight excluding hydrogens is 242 g/mol. The van der Waals surface area contributed by atoms with Crippen LogP contribution in [0, 0.1) is 0 Å². The molecule has 1 N–H and O–H groups in total. The van der Waals surface area contributed by atoms with E-state index in [2.05, 4.69) is 4.74 Å². The lowest BCUT2D eigenvalue weighted by Crippen LogP contribution is -2.09. The van der Waals surface area contributed by atoms with Crippen LogP contribution in [0.1, 0.15) is 0 Å². The first-order chi connectivity index (χ1) is 8.17. The van der Waals surface area contributed by atoms with E-state index in [0.717, 1.165) is 10.9 Å². The smallest absolute Gasteiger partial charge is 0.358 e. The van der Waals surface area contributed by atoms with E-state index in [4.69, 9.17) is 16.7 Å². The van der Waals surface area contributed by atoms with Crippen molar-refractivity contribution in [2.24, 2.45) is 0 Å². The summed E-state index contributed by atoms with van der Waals surface area (Å²) < 4.78 is 6.11. The molecule has 0 saturated heterocycles. The third-order valence-corrected chi connectivity index (χ3v) is 2.67. The van der Waals surface area contributed by atoms with Crippen LogP contribution in [0.15, 0.2) is 36.7 Å². The second kappa shape index (κ2) is 4.51. The summed E-state index contributed by atoms with van der Waals surface area (Å²) >= 11 is 5.90. The number of carbonyl (C=O) groups excluding carboxylic acids is 1.